The minimum absolute atomic E-state index is 0. The molecule has 0 atom stereocenters. The van der Waals surface area contributed by atoms with E-state index in [9.17, 15) is 0 Å². The van der Waals surface area contributed by atoms with Crippen molar-refractivity contribution in [3.05, 3.63) is 0 Å². The van der Waals surface area contributed by atoms with Crippen molar-refractivity contribution >= 4 is 10.4 Å². The molecule has 0 aliphatic carbocycles. The van der Waals surface area contributed by atoms with Gasteiger partial charge in [0.25, 0.3) is 0 Å². The van der Waals surface area contributed by atoms with Gasteiger partial charge in [0.2, 0.25) is 0 Å². The molecule has 0 saturated heterocycles. The Kier molecular flexibility index (Phi) is 5.15. The summed E-state index contributed by atoms with van der Waals surface area (Å²) in [5, 5.41) is 7.06. The fourth-order valence-corrected chi connectivity index (χ4v) is 0. The standard InChI is InChI=1S/H2O5S.Zn/c1-5-6(2,3)4;/h1H,(H,2,3,4);. The van der Waals surface area contributed by atoms with E-state index in [-0.39, 0.29) is 19.5 Å². The Morgan fingerprint density at radius 3 is 1.57 bits per heavy atom. The molecule has 0 unspecified atom stereocenters. The molecule has 0 aliphatic heterocycles. The van der Waals surface area contributed by atoms with Crippen molar-refractivity contribution in [1.29, 1.82) is 0 Å². The van der Waals surface area contributed by atoms with E-state index in [0.29, 0.717) is 0 Å². The molecule has 0 fully saturated rings. The van der Waals surface area contributed by atoms with Crippen LogP contribution < -0.4 is 0 Å². The summed E-state index contributed by atoms with van der Waals surface area (Å²) in [6.45, 7) is 0. The molecule has 0 rings (SSSR count). The fourth-order valence-electron chi connectivity index (χ4n) is 0. The Bertz CT molecular complexity index is 110. The molecular formula is H2O5SZn. The summed E-state index contributed by atoms with van der Waals surface area (Å²) in [4.78, 5) is 0. The second kappa shape index (κ2) is 3.45. The third-order valence-electron chi connectivity index (χ3n) is 0.0942. The van der Waals surface area contributed by atoms with E-state index >= 15 is 0 Å². The van der Waals surface area contributed by atoms with Gasteiger partial charge < -0.3 is 0 Å². The van der Waals surface area contributed by atoms with Crippen LogP contribution in [0.15, 0.2) is 0 Å². The van der Waals surface area contributed by atoms with Crippen molar-refractivity contribution in [2.45, 2.75) is 0 Å². The van der Waals surface area contributed by atoms with Gasteiger partial charge in [-0.15, -0.1) is 0 Å². The Hall–Kier alpha value is 0.453. The Balaban J connectivity index is 0. The summed E-state index contributed by atoms with van der Waals surface area (Å²) < 4.78 is 28.0. The molecule has 0 aromatic heterocycles. The van der Waals surface area contributed by atoms with Gasteiger partial charge in [0.1, 0.15) is 0 Å². The summed E-state index contributed by atoms with van der Waals surface area (Å²) in [6, 6.07) is 0. The van der Waals surface area contributed by atoms with Crippen molar-refractivity contribution in [2.75, 3.05) is 0 Å². The first-order chi connectivity index (χ1) is 2.56. The van der Waals surface area contributed by atoms with Gasteiger partial charge in [-0.2, -0.15) is 8.42 Å². The van der Waals surface area contributed by atoms with Gasteiger partial charge in [-0.05, 0) is 0 Å². The van der Waals surface area contributed by atoms with E-state index in [2.05, 4.69) is 4.33 Å². The zero-order valence-electron chi connectivity index (χ0n) is 3.23. The topological polar surface area (TPSA) is 83.8 Å². The zero-order valence-corrected chi connectivity index (χ0v) is 7.02. The van der Waals surface area contributed by atoms with Crippen molar-refractivity contribution in [3.63, 3.8) is 0 Å². The molecular weight excluding hydrogens is 177 g/mol. The predicted octanol–water partition coefficient (Wildman–Crippen LogP) is -0.724. The van der Waals surface area contributed by atoms with E-state index in [4.69, 9.17) is 18.2 Å². The van der Waals surface area contributed by atoms with Crippen LogP contribution in [-0.2, 0) is 34.2 Å². The largest absolute Gasteiger partial charge is 0.423 e. The van der Waals surface area contributed by atoms with Gasteiger partial charge in [-0.25, -0.2) is 5.26 Å². The molecule has 7 heteroatoms. The molecule has 0 aliphatic rings. The Labute approximate surface area is 52.9 Å². The van der Waals surface area contributed by atoms with E-state index in [0.717, 1.165) is 0 Å². The van der Waals surface area contributed by atoms with Crippen molar-refractivity contribution in [1.82, 2.24) is 0 Å². The maximum atomic E-state index is 9.08. The second-order valence-corrected chi connectivity index (χ2v) is 1.51. The molecule has 0 saturated carbocycles. The van der Waals surface area contributed by atoms with Crippen LogP contribution in [0.3, 0.4) is 0 Å². The SMILES string of the molecule is O=S(=O)(O)OO.[Zn]. The first kappa shape index (κ1) is 10.4. The minimum Gasteiger partial charge on any atom is -0.262 e. The zero-order chi connectivity index (χ0) is 5.21. The van der Waals surface area contributed by atoms with Gasteiger partial charge in [0.15, 0.2) is 0 Å². The van der Waals surface area contributed by atoms with Crippen molar-refractivity contribution < 1.29 is 42.0 Å². The molecule has 0 amide bonds. The molecule has 0 spiro atoms. The van der Waals surface area contributed by atoms with Crippen LogP contribution in [0.25, 0.3) is 0 Å². The van der Waals surface area contributed by atoms with E-state index in [1.54, 1.807) is 0 Å². The van der Waals surface area contributed by atoms with Crippen LogP contribution in [0.4, 0.5) is 0 Å². The molecule has 5 nitrogen and oxygen atoms in total. The maximum absolute atomic E-state index is 9.08. The van der Waals surface area contributed by atoms with Crippen LogP contribution in [-0.4, -0.2) is 18.2 Å². The normalized spacial score (nSPS) is 10.0. The number of rotatable bonds is 1. The van der Waals surface area contributed by atoms with Crippen LogP contribution in [0.2, 0.25) is 0 Å². The van der Waals surface area contributed by atoms with Gasteiger partial charge >= 0.3 is 10.4 Å². The Morgan fingerprint density at radius 1 is 1.43 bits per heavy atom. The van der Waals surface area contributed by atoms with Crippen LogP contribution in [0.1, 0.15) is 0 Å². The number of hydrogen-bond acceptors (Lipinski definition) is 4. The van der Waals surface area contributed by atoms with E-state index in [1.165, 1.54) is 0 Å². The van der Waals surface area contributed by atoms with Crippen LogP contribution >= 0.6 is 0 Å². The van der Waals surface area contributed by atoms with E-state index < -0.39 is 10.4 Å². The molecule has 0 aromatic carbocycles. The predicted molar refractivity (Wildman–Crippen MR) is 15.3 cm³/mol. The quantitative estimate of drug-likeness (QED) is 0.240. The van der Waals surface area contributed by atoms with Crippen LogP contribution in [0, 0.1) is 0 Å². The van der Waals surface area contributed by atoms with Crippen molar-refractivity contribution in [3.8, 4) is 0 Å². The minimum atomic E-state index is -4.61. The van der Waals surface area contributed by atoms with Gasteiger partial charge in [-0.1, -0.05) is 4.33 Å². The molecule has 0 radical (unpaired) electrons. The summed E-state index contributed by atoms with van der Waals surface area (Å²) in [7, 11) is -4.61. The van der Waals surface area contributed by atoms with Gasteiger partial charge in [0, 0.05) is 19.5 Å². The van der Waals surface area contributed by atoms with Gasteiger partial charge in [-0.3, -0.25) is 4.55 Å². The molecule has 2 N–H and O–H groups in total. The molecule has 0 bridgehead atoms. The monoisotopic (exact) mass is 178 g/mol. The first-order valence-corrected chi connectivity index (χ1v) is 2.23. The first-order valence-electron chi connectivity index (χ1n) is 0.865. The number of hydrogen-bond donors (Lipinski definition) is 2. The van der Waals surface area contributed by atoms with Crippen molar-refractivity contribution in [2.24, 2.45) is 0 Å². The molecule has 7 heavy (non-hydrogen) atoms. The second-order valence-electron chi connectivity index (χ2n) is 0.502. The van der Waals surface area contributed by atoms with Gasteiger partial charge in [0.05, 0.1) is 0 Å². The summed E-state index contributed by atoms with van der Waals surface area (Å²) in [5.41, 5.74) is 0. The summed E-state index contributed by atoms with van der Waals surface area (Å²) in [5.74, 6) is 0. The average molecular weight is 179 g/mol. The fraction of sp³-hybridized carbons (Fsp3) is 0. The third kappa shape index (κ3) is 10.7. The van der Waals surface area contributed by atoms with Crippen LogP contribution in [0.5, 0.6) is 0 Å². The molecule has 40 valence electrons. The third-order valence-corrected chi connectivity index (χ3v) is 0.283. The summed E-state index contributed by atoms with van der Waals surface area (Å²) in [6.07, 6.45) is 0. The smallest absolute Gasteiger partial charge is 0.262 e. The van der Waals surface area contributed by atoms with E-state index in [1.807, 2.05) is 0 Å². The maximum Gasteiger partial charge on any atom is 0.423 e. The molecule has 0 heterocycles. The average Bonchev–Trinajstić information content (AvgIpc) is 1.35. The summed E-state index contributed by atoms with van der Waals surface area (Å²) >= 11 is 0. The molecule has 0 aromatic rings. The Morgan fingerprint density at radius 2 is 1.57 bits per heavy atom.